The highest BCUT2D eigenvalue weighted by molar-refractivity contribution is 5.93. The maximum absolute atomic E-state index is 11.7. The summed E-state index contributed by atoms with van der Waals surface area (Å²) in [5.74, 6) is -1.18. The minimum Gasteiger partial charge on any atom is -0.480 e. The summed E-state index contributed by atoms with van der Waals surface area (Å²) in [6.07, 6.45) is -0.0322. The third-order valence-electron chi connectivity index (χ3n) is 2.87. The Morgan fingerprint density at radius 1 is 1.32 bits per heavy atom. The van der Waals surface area contributed by atoms with Crippen LogP contribution in [0.15, 0.2) is 18.2 Å². The number of aliphatic carboxylic acids is 1. The molecule has 1 atom stereocenters. The van der Waals surface area contributed by atoms with Gasteiger partial charge in [-0.3, -0.25) is 0 Å². The molecule has 104 valence electrons. The fourth-order valence-electron chi connectivity index (χ4n) is 1.59. The number of amides is 2. The number of aryl methyl sites for hydroxylation is 1. The molecule has 0 fully saturated rings. The van der Waals surface area contributed by atoms with E-state index >= 15 is 0 Å². The van der Waals surface area contributed by atoms with Crippen LogP contribution in [0.25, 0.3) is 0 Å². The summed E-state index contributed by atoms with van der Waals surface area (Å²) in [6, 6.07) is 3.76. The normalized spacial score (nSPS) is 11.7. The van der Waals surface area contributed by atoms with Gasteiger partial charge in [-0.05, 0) is 31.0 Å². The first kappa shape index (κ1) is 15.0. The zero-order valence-corrected chi connectivity index (χ0v) is 10.9. The molecule has 6 nitrogen and oxygen atoms in total. The van der Waals surface area contributed by atoms with Gasteiger partial charge in [0.25, 0.3) is 0 Å². The zero-order chi connectivity index (χ0) is 14.4. The fourth-order valence-corrected chi connectivity index (χ4v) is 1.59. The van der Waals surface area contributed by atoms with Crippen molar-refractivity contribution in [1.82, 2.24) is 5.32 Å². The van der Waals surface area contributed by atoms with Gasteiger partial charge in [0.05, 0.1) is 0 Å². The Bertz CT molecular complexity index is 474. The number of carboxylic acids is 1. The lowest BCUT2D eigenvalue weighted by atomic mass is 10.1. The van der Waals surface area contributed by atoms with Crippen molar-refractivity contribution in [3.05, 3.63) is 29.3 Å². The number of rotatable bonds is 5. The smallest absolute Gasteiger partial charge is 0.326 e. The molecule has 0 spiro atoms. The number of aliphatic hydroxyl groups excluding tert-OH is 1. The molecule has 0 saturated heterocycles. The monoisotopic (exact) mass is 266 g/mol. The Morgan fingerprint density at radius 2 is 2.00 bits per heavy atom. The molecule has 2 amide bonds. The highest BCUT2D eigenvalue weighted by Gasteiger charge is 2.19. The van der Waals surface area contributed by atoms with E-state index in [1.807, 2.05) is 19.9 Å². The first-order chi connectivity index (χ1) is 8.95. The molecule has 0 unspecified atom stereocenters. The van der Waals surface area contributed by atoms with E-state index < -0.39 is 18.0 Å². The summed E-state index contributed by atoms with van der Waals surface area (Å²) in [5.41, 5.74) is 2.58. The maximum atomic E-state index is 11.7. The number of carbonyl (C=O) groups excluding carboxylic acids is 1. The predicted octanol–water partition coefficient (Wildman–Crippen LogP) is 1.26. The maximum Gasteiger partial charge on any atom is 0.326 e. The van der Waals surface area contributed by atoms with Crippen LogP contribution in [-0.4, -0.2) is 34.9 Å². The molecule has 0 heterocycles. The molecule has 0 bridgehead atoms. The van der Waals surface area contributed by atoms with E-state index in [0.29, 0.717) is 5.69 Å². The zero-order valence-electron chi connectivity index (χ0n) is 10.9. The van der Waals surface area contributed by atoms with Gasteiger partial charge < -0.3 is 20.8 Å². The number of hydrogen-bond acceptors (Lipinski definition) is 3. The van der Waals surface area contributed by atoms with Crippen LogP contribution >= 0.6 is 0 Å². The summed E-state index contributed by atoms with van der Waals surface area (Å²) >= 11 is 0. The molecule has 0 aliphatic rings. The van der Waals surface area contributed by atoms with Crippen LogP contribution in [0.4, 0.5) is 10.5 Å². The lowest BCUT2D eigenvalue weighted by molar-refractivity contribution is -0.139. The van der Waals surface area contributed by atoms with Crippen LogP contribution < -0.4 is 10.6 Å². The molecule has 6 heteroatoms. The summed E-state index contributed by atoms with van der Waals surface area (Å²) in [4.78, 5) is 22.5. The van der Waals surface area contributed by atoms with Crippen molar-refractivity contribution in [3.63, 3.8) is 0 Å². The van der Waals surface area contributed by atoms with E-state index in [1.54, 1.807) is 12.1 Å². The number of urea groups is 1. The van der Waals surface area contributed by atoms with Crippen molar-refractivity contribution in [2.24, 2.45) is 0 Å². The van der Waals surface area contributed by atoms with Crippen molar-refractivity contribution >= 4 is 17.7 Å². The van der Waals surface area contributed by atoms with Gasteiger partial charge in [0.1, 0.15) is 6.04 Å². The van der Waals surface area contributed by atoms with Crippen molar-refractivity contribution in [3.8, 4) is 0 Å². The van der Waals surface area contributed by atoms with Gasteiger partial charge in [-0.2, -0.15) is 0 Å². The van der Waals surface area contributed by atoms with Crippen LogP contribution in [0.3, 0.4) is 0 Å². The van der Waals surface area contributed by atoms with Crippen LogP contribution in [0.1, 0.15) is 17.5 Å². The van der Waals surface area contributed by atoms with Gasteiger partial charge in [0.2, 0.25) is 0 Å². The molecular weight excluding hydrogens is 248 g/mol. The Labute approximate surface area is 111 Å². The Hall–Kier alpha value is -2.08. The molecule has 1 aromatic carbocycles. The topological polar surface area (TPSA) is 98.7 Å². The van der Waals surface area contributed by atoms with Gasteiger partial charge in [-0.15, -0.1) is 0 Å². The van der Waals surface area contributed by atoms with E-state index in [1.165, 1.54) is 0 Å². The highest BCUT2D eigenvalue weighted by atomic mass is 16.4. The summed E-state index contributed by atoms with van der Waals surface area (Å²) < 4.78 is 0. The second-order valence-electron chi connectivity index (χ2n) is 4.25. The second kappa shape index (κ2) is 6.75. The van der Waals surface area contributed by atoms with Crippen LogP contribution in [-0.2, 0) is 4.79 Å². The number of aliphatic hydroxyl groups is 1. The molecule has 1 aromatic rings. The molecule has 1 rings (SSSR count). The van der Waals surface area contributed by atoms with E-state index in [9.17, 15) is 9.59 Å². The van der Waals surface area contributed by atoms with Gasteiger partial charge in [0.15, 0.2) is 0 Å². The average Bonchev–Trinajstić information content (AvgIpc) is 2.34. The molecule has 0 aliphatic heterocycles. The van der Waals surface area contributed by atoms with Crippen LogP contribution in [0.2, 0.25) is 0 Å². The number of anilines is 1. The SMILES string of the molecule is Cc1cccc(NC(=O)N[C@@H](CCO)C(=O)O)c1C. The standard InChI is InChI=1S/C13H18N2O4/c1-8-4-3-5-10(9(8)2)14-13(19)15-11(6-7-16)12(17)18/h3-5,11,16H,6-7H2,1-2H3,(H,17,18)(H2,14,15,19)/t11-/m0/s1. The van der Waals surface area contributed by atoms with E-state index in [4.69, 9.17) is 10.2 Å². The molecule has 4 N–H and O–H groups in total. The minimum absolute atomic E-state index is 0.0322. The Balaban J connectivity index is 2.69. The lowest BCUT2D eigenvalue weighted by Gasteiger charge is -2.15. The summed E-state index contributed by atoms with van der Waals surface area (Å²) in [7, 11) is 0. The van der Waals surface area contributed by atoms with Crippen molar-refractivity contribution in [2.45, 2.75) is 26.3 Å². The Morgan fingerprint density at radius 3 is 2.58 bits per heavy atom. The van der Waals surface area contributed by atoms with E-state index in [2.05, 4.69) is 10.6 Å². The highest BCUT2D eigenvalue weighted by Crippen LogP contribution is 2.17. The number of carboxylic acid groups (broad SMARTS) is 1. The van der Waals surface area contributed by atoms with Gasteiger partial charge >= 0.3 is 12.0 Å². The van der Waals surface area contributed by atoms with Gasteiger partial charge in [-0.25, -0.2) is 9.59 Å². The fraction of sp³-hybridized carbons (Fsp3) is 0.385. The predicted molar refractivity (Wildman–Crippen MR) is 71.2 cm³/mol. The van der Waals surface area contributed by atoms with Gasteiger partial charge in [0, 0.05) is 18.7 Å². The van der Waals surface area contributed by atoms with Crippen LogP contribution in [0.5, 0.6) is 0 Å². The number of carbonyl (C=O) groups is 2. The largest absolute Gasteiger partial charge is 0.480 e. The van der Waals surface area contributed by atoms with Crippen molar-refractivity contribution < 1.29 is 19.8 Å². The van der Waals surface area contributed by atoms with Crippen LogP contribution in [0, 0.1) is 13.8 Å². The third kappa shape index (κ3) is 4.26. The second-order valence-corrected chi connectivity index (χ2v) is 4.25. The molecule has 19 heavy (non-hydrogen) atoms. The van der Waals surface area contributed by atoms with Crippen molar-refractivity contribution in [2.75, 3.05) is 11.9 Å². The molecule has 0 aliphatic carbocycles. The minimum atomic E-state index is -1.18. The summed E-state index contributed by atoms with van der Waals surface area (Å²) in [6.45, 7) is 3.48. The van der Waals surface area contributed by atoms with E-state index in [-0.39, 0.29) is 13.0 Å². The summed E-state index contributed by atoms with van der Waals surface area (Å²) in [5, 5.41) is 22.5. The average molecular weight is 266 g/mol. The first-order valence-electron chi connectivity index (χ1n) is 5.93. The third-order valence-corrected chi connectivity index (χ3v) is 2.87. The van der Waals surface area contributed by atoms with Crippen molar-refractivity contribution in [1.29, 1.82) is 0 Å². The lowest BCUT2D eigenvalue weighted by Crippen LogP contribution is -2.43. The van der Waals surface area contributed by atoms with Gasteiger partial charge in [-0.1, -0.05) is 12.1 Å². The quantitative estimate of drug-likeness (QED) is 0.644. The first-order valence-corrected chi connectivity index (χ1v) is 5.93. The molecule has 0 saturated carbocycles. The molecule has 0 aromatic heterocycles. The number of nitrogens with one attached hydrogen (secondary N) is 2. The number of hydrogen-bond donors (Lipinski definition) is 4. The molecular formula is C13H18N2O4. The molecule has 0 radical (unpaired) electrons. The number of benzene rings is 1. The van der Waals surface area contributed by atoms with E-state index in [0.717, 1.165) is 11.1 Å². The Kier molecular flexibility index (Phi) is 5.32.